The van der Waals surface area contributed by atoms with E-state index in [4.69, 9.17) is 5.73 Å². The molecule has 1 saturated heterocycles. The minimum absolute atomic E-state index is 0.413. The summed E-state index contributed by atoms with van der Waals surface area (Å²) in [6.45, 7) is 9.50. The molecule has 2 rings (SSSR count). The van der Waals surface area contributed by atoms with Crippen molar-refractivity contribution in [2.24, 2.45) is 16.6 Å². The molecule has 1 aromatic rings. The van der Waals surface area contributed by atoms with Crippen LogP contribution in [0.25, 0.3) is 0 Å². The molecule has 1 aliphatic rings. The summed E-state index contributed by atoms with van der Waals surface area (Å²) in [6, 6.07) is 8.65. The number of nitrogens with two attached hydrogens (primary N) is 1. The summed E-state index contributed by atoms with van der Waals surface area (Å²) in [6.07, 6.45) is 2.54. The van der Waals surface area contributed by atoms with E-state index in [-0.39, 0.29) is 0 Å². The van der Waals surface area contributed by atoms with Gasteiger partial charge in [-0.05, 0) is 31.2 Å². The molecule has 0 aromatic heterocycles. The average molecular weight is 273 g/mol. The van der Waals surface area contributed by atoms with Crippen LogP contribution in [0.3, 0.4) is 0 Å². The first-order chi connectivity index (χ1) is 9.56. The fourth-order valence-corrected chi connectivity index (χ4v) is 2.81. The molecular formula is C17H27N3. The summed E-state index contributed by atoms with van der Waals surface area (Å²) >= 11 is 0. The Bertz CT molecular complexity index is 467. The normalized spacial score (nSPS) is 21.9. The molecule has 2 atom stereocenters. The fourth-order valence-electron chi connectivity index (χ4n) is 2.81. The number of piperidine rings is 1. The predicted molar refractivity (Wildman–Crippen MR) is 86.1 cm³/mol. The molecular weight excluding hydrogens is 246 g/mol. The van der Waals surface area contributed by atoms with Crippen LogP contribution in [-0.2, 0) is 0 Å². The first-order valence-electron chi connectivity index (χ1n) is 7.67. The van der Waals surface area contributed by atoms with E-state index in [1.165, 1.54) is 24.0 Å². The maximum absolute atomic E-state index is 6.14. The van der Waals surface area contributed by atoms with Gasteiger partial charge in [-0.3, -0.25) is 4.99 Å². The molecule has 110 valence electrons. The van der Waals surface area contributed by atoms with Crippen molar-refractivity contribution in [3.05, 3.63) is 35.4 Å². The average Bonchev–Trinajstić information content (AvgIpc) is 2.44. The molecule has 20 heavy (non-hydrogen) atoms. The van der Waals surface area contributed by atoms with Gasteiger partial charge in [-0.1, -0.05) is 43.7 Å². The van der Waals surface area contributed by atoms with Gasteiger partial charge in [0.15, 0.2) is 5.96 Å². The van der Waals surface area contributed by atoms with Gasteiger partial charge in [-0.2, -0.15) is 0 Å². The first kappa shape index (κ1) is 14.9. The molecule has 0 amide bonds. The first-order valence-corrected chi connectivity index (χ1v) is 7.67. The van der Waals surface area contributed by atoms with E-state index in [0.717, 1.165) is 31.5 Å². The molecule has 0 spiro atoms. The highest BCUT2D eigenvalue weighted by Gasteiger charge is 2.17. The number of aliphatic imine (C=N–C) groups is 1. The summed E-state index contributed by atoms with van der Waals surface area (Å²) in [5.41, 5.74) is 8.79. The smallest absolute Gasteiger partial charge is 0.191 e. The Balaban J connectivity index is 1.94. The molecule has 3 nitrogen and oxygen atoms in total. The Morgan fingerprint density at radius 3 is 3.00 bits per heavy atom. The lowest BCUT2D eigenvalue weighted by Crippen LogP contribution is -2.43. The fraction of sp³-hybridized carbons (Fsp3) is 0.588. The SMILES string of the molecule is Cc1cccc(C(C)CN=C(N)N2CCCC(C)C2)c1. The largest absolute Gasteiger partial charge is 0.370 e. The van der Waals surface area contributed by atoms with Crippen LogP contribution in [0.4, 0.5) is 0 Å². The van der Waals surface area contributed by atoms with E-state index in [1.807, 2.05) is 0 Å². The molecule has 0 aliphatic carbocycles. The van der Waals surface area contributed by atoms with Crippen LogP contribution in [0, 0.1) is 12.8 Å². The molecule has 2 unspecified atom stereocenters. The summed E-state index contributed by atoms with van der Waals surface area (Å²) in [7, 11) is 0. The molecule has 3 heteroatoms. The zero-order valence-electron chi connectivity index (χ0n) is 13.0. The molecule has 2 N–H and O–H groups in total. The lowest BCUT2D eigenvalue weighted by atomic mass is 9.99. The standard InChI is InChI=1S/C17H27N3/c1-13-6-4-8-16(10-13)15(3)11-19-17(18)20-9-5-7-14(2)12-20/h4,6,8,10,14-15H,5,7,9,11-12H2,1-3H3,(H2,18,19). The highest BCUT2D eigenvalue weighted by Crippen LogP contribution is 2.18. The van der Waals surface area contributed by atoms with Crippen LogP contribution >= 0.6 is 0 Å². The zero-order chi connectivity index (χ0) is 14.5. The van der Waals surface area contributed by atoms with Gasteiger partial charge in [0.2, 0.25) is 0 Å². The highest BCUT2D eigenvalue weighted by atomic mass is 15.3. The molecule has 0 bridgehead atoms. The van der Waals surface area contributed by atoms with E-state index in [2.05, 4.69) is 54.9 Å². The number of hydrogen-bond acceptors (Lipinski definition) is 1. The third-order valence-corrected chi connectivity index (χ3v) is 4.12. The molecule has 1 aliphatic heterocycles. The Morgan fingerprint density at radius 2 is 2.30 bits per heavy atom. The third kappa shape index (κ3) is 3.99. The molecule has 1 fully saturated rings. The van der Waals surface area contributed by atoms with Gasteiger partial charge in [0.05, 0.1) is 0 Å². The second-order valence-electron chi connectivity index (χ2n) is 6.21. The number of rotatable bonds is 3. The monoisotopic (exact) mass is 273 g/mol. The predicted octanol–water partition coefficient (Wildman–Crippen LogP) is 3.15. The van der Waals surface area contributed by atoms with E-state index in [9.17, 15) is 0 Å². The quantitative estimate of drug-likeness (QED) is 0.679. The van der Waals surface area contributed by atoms with Crippen LogP contribution in [0.15, 0.2) is 29.3 Å². The van der Waals surface area contributed by atoms with Gasteiger partial charge in [0.25, 0.3) is 0 Å². The summed E-state index contributed by atoms with van der Waals surface area (Å²) in [5.74, 6) is 1.86. The van der Waals surface area contributed by atoms with E-state index in [0.29, 0.717) is 5.92 Å². The van der Waals surface area contributed by atoms with Gasteiger partial charge in [-0.15, -0.1) is 0 Å². The van der Waals surface area contributed by atoms with E-state index < -0.39 is 0 Å². The van der Waals surface area contributed by atoms with Crippen LogP contribution in [0.2, 0.25) is 0 Å². The van der Waals surface area contributed by atoms with Crippen molar-refractivity contribution in [1.82, 2.24) is 4.90 Å². The number of likely N-dealkylation sites (tertiary alicyclic amines) is 1. The Labute approximate surface area is 122 Å². The van der Waals surface area contributed by atoms with Crippen molar-refractivity contribution in [2.45, 2.75) is 39.5 Å². The van der Waals surface area contributed by atoms with Crippen molar-refractivity contribution < 1.29 is 0 Å². The third-order valence-electron chi connectivity index (χ3n) is 4.12. The lowest BCUT2D eigenvalue weighted by Gasteiger charge is -2.31. The maximum Gasteiger partial charge on any atom is 0.191 e. The number of hydrogen-bond donors (Lipinski definition) is 1. The molecule has 1 aromatic carbocycles. The molecule has 0 saturated carbocycles. The minimum Gasteiger partial charge on any atom is -0.370 e. The van der Waals surface area contributed by atoms with Gasteiger partial charge in [0.1, 0.15) is 0 Å². The van der Waals surface area contributed by atoms with Crippen molar-refractivity contribution in [2.75, 3.05) is 19.6 Å². The second kappa shape index (κ2) is 6.78. The van der Waals surface area contributed by atoms with Gasteiger partial charge in [0, 0.05) is 25.6 Å². The van der Waals surface area contributed by atoms with E-state index >= 15 is 0 Å². The Hall–Kier alpha value is -1.51. The van der Waals surface area contributed by atoms with Crippen LogP contribution < -0.4 is 5.73 Å². The minimum atomic E-state index is 0.413. The van der Waals surface area contributed by atoms with Crippen molar-refractivity contribution in [3.63, 3.8) is 0 Å². The van der Waals surface area contributed by atoms with Crippen molar-refractivity contribution >= 4 is 5.96 Å². The van der Waals surface area contributed by atoms with Crippen molar-refractivity contribution in [1.29, 1.82) is 0 Å². The van der Waals surface area contributed by atoms with Gasteiger partial charge in [-0.25, -0.2) is 0 Å². The summed E-state index contributed by atoms with van der Waals surface area (Å²) < 4.78 is 0. The lowest BCUT2D eigenvalue weighted by molar-refractivity contribution is 0.270. The summed E-state index contributed by atoms with van der Waals surface area (Å²) in [4.78, 5) is 6.84. The number of aryl methyl sites for hydroxylation is 1. The van der Waals surface area contributed by atoms with Crippen LogP contribution in [0.5, 0.6) is 0 Å². The van der Waals surface area contributed by atoms with Gasteiger partial charge >= 0.3 is 0 Å². The van der Waals surface area contributed by atoms with Crippen molar-refractivity contribution in [3.8, 4) is 0 Å². The topological polar surface area (TPSA) is 41.6 Å². The van der Waals surface area contributed by atoms with Crippen LogP contribution in [0.1, 0.15) is 43.7 Å². The number of nitrogens with zero attached hydrogens (tertiary/aromatic N) is 2. The Morgan fingerprint density at radius 1 is 1.50 bits per heavy atom. The van der Waals surface area contributed by atoms with Crippen LogP contribution in [-0.4, -0.2) is 30.5 Å². The molecule has 1 heterocycles. The van der Waals surface area contributed by atoms with Gasteiger partial charge < -0.3 is 10.6 Å². The Kier molecular flexibility index (Phi) is 5.05. The zero-order valence-corrected chi connectivity index (χ0v) is 13.0. The van der Waals surface area contributed by atoms with E-state index in [1.54, 1.807) is 0 Å². The number of guanidine groups is 1. The maximum atomic E-state index is 6.14. The summed E-state index contributed by atoms with van der Waals surface area (Å²) in [5, 5.41) is 0. The number of benzene rings is 1. The highest BCUT2D eigenvalue weighted by molar-refractivity contribution is 5.78. The molecule has 0 radical (unpaired) electrons. The second-order valence-corrected chi connectivity index (χ2v) is 6.21.